The fourth-order valence-corrected chi connectivity index (χ4v) is 2.70. The van der Waals surface area contributed by atoms with Crippen molar-refractivity contribution >= 4 is 21.7 Å². The summed E-state index contributed by atoms with van der Waals surface area (Å²) in [7, 11) is 1.63. The molecule has 1 aliphatic rings. The Morgan fingerprint density at radius 3 is 3.05 bits per heavy atom. The van der Waals surface area contributed by atoms with Gasteiger partial charge in [-0.2, -0.15) is 0 Å². The molecule has 1 atom stereocenters. The van der Waals surface area contributed by atoms with E-state index in [-0.39, 0.29) is 11.9 Å². The van der Waals surface area contributed by atoms with E-state index in [2.05, 4.69) is 15.9 Å². The zero-order valence-electron chi connectivity index (χ0n) is 11.2. The van der Waals surface area contributed by atoms with Crippen LogP contribution >= 0.6 is 15.9 Å². The molecule has 19 heavy (non-hydrogen) atoms. The maximum atomic E-state index is 12.0. The zero-order valence-corrected chi connectivity index (χ0v) is 12.7. The van der Waals surface area contributed by atoms with Crippen molar-refractivity contribution in [2.75, 3.05) is 13.7 Å². The Labute approximate surface area is 122 Å². The van der Waals surface area contributed by atoms with Crippen molar-refractivity contribution in [1.82, 2.24) is 0 Å². The van der Waals surface area contributed by atoms with Gasteiger partial charge in [0.25, 0.3) is 0 Å². The average Bonchev–Trinajstić information content (AvgIpc) is 2.92. The number of hydrogen-bond donors (Lipinski definition) is 0. The lowest BCUT2D eigenvalue weighted by atomic mass is 10.0. The van der Waals surface area contributed by atoms with Gasteiger partial charge >= 0.3 is 0 Å². The summed E-state index contributed by atoms with van der Waals surface area (Å²) in [5.41, 5.74) is 0.983. The van der Waals surface area contributed by atoms with Crippen LogP contribution in [0.5, 0.6) is 5.75 Å². The summed E-state index contributed by atoms with van der Waals surface area (Å²) in [5.74, 6) is 1.04. The first-order valence-corrected chi connectivity index (χ1v) is 7.44. The zero-order chi connectivity index (χ0) is 13.7. The van der Waals surface area contributed by atoms with Crippen LogP contribution in [0.3, 0.4) is 0 Å². The lowest BCUT2D eigenvalue weighted by Crippen LogP contribution is -2.10. The molecule has 0 saturated carbocycles. The van der Waals surface area contributed by atoms with E-state index in [0.717, 1.165) is 41.7 Å². The molecule has 0 aromatic heterocycles. The predicted molar refractivity (Wildman–Crippen MR) is 77.6 cm³/mol. The summed E-state index contributed by atoms with van der Waals surface area (Å²) in [6.07, 6.45) is 4.40. The fraction of sp³-hybridized carbons (Fsp3) is 0.533. The van der Waals surface area contributed by atoms with Crippen LogP contribution < -0.4 is 4.74 Å². The number of rotatable bonds is 6. The van der Waals surface area contributed by atoms with Gasteiger partial charge in [-0.15, -0.1) is 0 Å². The van der Waals surface area contributed by atoms with Crippen LogP contribution in [0.25, 0.3) is 0 Å². The minimum atomic E-state index is 0.254. The number of ether oxygens (including phenoxy) is 2. The van der Waals surface area contributed by atoms with Gasteiger partial charge in [0.05, 0.1) is 13.2 Å². The number of carbonyl (C=O) groups is 1. The first-order chi connectivity index (χ1) is 9.19. The van der Waals surface area contributed by atoms with Crippen molar-refractivity contribution in [3.05, 3.63) is 28.2 Å². The van der Waals surface area contributed by atoms with Crippen LogP contribution in [0.4, 0.5) is 0 Å². The number of Topliss-reactive ketones (excluding diaryl/α,β-unsaturated/α-hetero) is 1. The predicted octanol–water partition coefficient (Wildman–Crippen LogP) is 3.53. The van der Waals surface area contributed by atoms with Gasteiger partial charge < -0.3 is 9.47 Å². The van der Waals surface area contributed by atoms with Crippen LogP contribution in [-0.4, -0.2) is 25.6 Å². The molecule has 0 radical (unpaired) electrons. The van der Waals surface area contributed by atoms with E-state index in [9.17, 15) is 4.79 Å². The molecular formula is C15H19BrO3. The van der Waals surface area contributed by atoms with Crippen LogP contribution in [0.15, 0.2) is 22.7 Å². The Hall–Kier alpha value is -0.870. The third-order valence-corrected chi connectivity index (χ3v) is 4.18. The largest absolute Gasteiger partial charge is 0.497 e. The molecule has 0 aliphatic carbocycles. The molecule has 1 unspecified atom stereocenters. The van der Waals surface area contributed by atoms with Gasteiger partial charge in [0, 0.05) is 23.9 Å². The lowest BCUT2D eigenvalue weighted by molar-refractivity contribution is -0.119. The Balaban J connectivity index is 1.87. The second kappa shape index (κ2) is 7.06. The van der Waals surface area contributed by atoms with Crippen molar-refractivity contribution in [2.24, 2.45) is 0 Å². The summed E-state index contributed by atoms with van der Waals surface area (Å²) in [4.78, 5) is 12.0. The first kappa shape index (κ1) is 14.5. The number of carbonyl (C=O) groups excluding carboxylic acids is 1. The minimum Gasteiger partial charge on any atom is -0.497 e. The molecule has 2 rings (SSSR count). The van der Waals surface area contributed by atoms with Crippen molar-refractivity contribution in [2.45, 2.75) is 38.2 Å². The van der Waals surface area contributed by atoms with Gasteiger partial charge in [0.1, 0.15) is 11.5 Å². The number of ketones is 1. The SMILES string of the molecule is COc1ccc(Br)c(CC(=O)CCC2CCCO2)c1. The van der Waals surface area contributed by atoms with Gasteiger partial charge in [-0.3, -0.25) is 4.79 Å². The van der Waals surface area contributed by atoms with Gasteiger partial charge in [-0.05, 0) is 43.0 Å². The quantitative estimate of drug-likeness (QED) is 0.802. The molecular weight excluding hydrogens is 308 g/mol. The number of benzene rings is 1. The smallest absolute Gasteiger partial charge is 0.137 e. The molecule has 104 valence electrons. The topological polar surface area (TPSA) is 35.5 Å². The van der Waals surface area contributed by atoms with E-state index >= 15 is 0 Å². The van der Waals surface area contributed by atoms with Crippen LogP contribution in [-0.2, 0) is 16.0 Å². The molecule has 4 heteroatoms. The normalized spacial score (nSPS) is 18.5. The van der Waals surface area contributed by atoms with Crippen molar-refractivity contribution < 1.29 is 14.3 Å². The third-order valence-electron chi connectivity index (χ3n) is 3.41. The molecule has 1 saturated heterocycles. The summed E-state index contributed by atoms with van der Waals surface area (Å²) < 4.78 is 11.7. The molecule has 1 fully saturated rings. The van der Waals surface area contributed by atoms with Crippen molar-refractivity contribution in [3.63, 3.8) is 0 Å². The summed E-state index contributed by atoms with van der Waals surface area (Å²) in [5, 5.41) is 0. The summed E-state index contributed by atoms with van der Waals surface area (Å²) in [6, 6.07) is 5.71. The molecule has 0 bridgehead atoms. The molecule has 1 heterocycles. The number of methoxy groups -OCH3 is 1. The minimum absolute atomic E-state index is 0.254. The molecule has 0 spiro atoms. The molecule has 1 aliphatic heterocycles. The van der Waals surface area contributed by atoms with E-state index in [1.54, 1.807) is 7.11 Å². The van der Waals surface area contributed by atoms with Gasteiger partial charge in [-0.1, -0.05) is 15.9 Å². The van der Waals surface area contributed by atoms with Gasteiger partial charge in [0.15, 0.2) is 0 Å². The van der Waals surface area contributed by atoms with Crippen LogP contribution in [0.2, 0.25) is 0 Å². The van der Waals surface area contributed by atoms with E-state index in [1.165, 1.54) is 0 Å². The maximum absolute atomic E-state index is 12.0. The summed E-state index contributed by atoms with van der Waals surface area (Å²) in [6.45, 7) is 0.848. The molecule has 0 amide bonds. The van der Waals surface area contributed by atoms with E-state index < -0.39 is 0 Å². The van der Waals surface area contributed by atoms with Crippen LogP contribution in [0, 0.1) is 0 Å². The van der Waals surface area contributed by atoms with E-state index in [4.69, 9.17) is 9.47 Å². The Morgan fingerprint density at radius 1 is 1.53 bits per heavy atom. The van der Waals surface area contributed by atoms with Crippen LogP contribution in [0.1, 0.15) is 31.2 Å². The monoisotopic (exact) mass is 326 g/mol. The Bertz CT molecular complexity index is 439. The molecule has 1 aromatic carbocycles. The maximum Gasteiger partial charge on any atom is 0.137 e. The molecule has 1 aromatic rings. The first-order valence-electron chi connectivity index (χ1n) is 6.65. The molecule has 0 N–H and O–H groups in total. The Morgan fingerprint density at radius 2 is 2.37 bits per heavy atom. The van der Waals surface area contributed by atoms with Gasteiger partial charge in [-0.25, -0.2) is 0 Å². The van der Waals surface area contributed by atoms with Gasteiger partial charge in [0.2, 0.25) is 0 Å². The number of halogens is 1. The number of hydrogen-bond acceptors (Lipinski definition) is 3. The lowest BCUT2D eigenvalue weighted by Gasteiger charge is -2.09. The highest BCUT2D eigenvalue weighted by molar-refractivity contribution is 9.10. The standard InChI is InChI=1S/C15H19BrO3/c1-18-14-6-7-15(16)11(10-14)9-12(17)4-5-13-3-2-8-19-13/h6-7,10,13H,2-5,8-9H2,1H3. The summed E-state index contributed by atoms with van der Waals surface area (Å²) >= 11 is 3.47. The highest BCUT2D eigenvalue weighted by atomic mass is 79.9. The second-order valence-electron chi connectivity index (χ2n) is 4.85. The average molecular weight is 327 g/mol. The third kappa shape index (κ3) is 4.32. The van der Waals surface area contributed by atoms with E-state index in [0.29, 0.717) is 12.8 Å². The highest BCUT2D eigenvalue weighted by Gasteiger charge is 2.17. The van der Waals surface area contributed by atoms with Crippen molar-refractivity contribution in [1.29, 1.82) is 0 Å². The van der Waals surface area contributed by atoms with Crippen molar-refractivity contribution in [3.8, 4) is 5.75 Å². The highest BCUT2D eigenvalue weighted by Crippen LogP contribution is 2.24. The molecule has 3 nitrogen and oxygen atoms in total. The fourth-order valence-electron chi connectivity index (χ4n) is 2.31. The second-order valence-corrected chi connectivity index (χ2v) is 5.70. The Kier molecular flexibility index (Phi) is 5.40. The van der Waals surface area contributed by atoms with E-state index in [1.807, 2.05) is 18.2 Å².